The number of halogens is 1. The molecule has 0 fully saturated rings. The van der Waals surface area contributed by atoms with Crippen molar-refractivity contribution in [3.05, 3.63) is 160 Å². The zero-order valence-corrected chi connectivity index (χ0v) is 27.4. The van der Waals surface area contributed by atoms with Crippen molar-refractivity contribution in [2.45, 2.75) is 19.6 Å². The van der Waals surface area contributed by atoms with Crippen molar-refractivity contribution in [2.75, 3.05) is 13.7 Å². The summed E-state index contributed by atoms with van der Waals surface area (Å²) in [5.41, 5.74) is 2.89. The van der Waals surface area contributed by atoms with Gasteiger partial charge >= 0.3 is 5.97 Å². The highest BCUT2D eigenvalue weighted by Crippen LogP contribution is 2.36. The van der Waals surface area contributed by atoms with E-state index < -0.39 is 16.9 Å². The Labute approximate surface area is 283 Å². The molecular formula is C36H28ClN3O7S. The number of carbonyl (C=O) groups is 1. The lowest BCUT2D eigenvalue weighted by molar-refractivity contribution is -0.384. The Bertz CT molecular complexity index is 2210. The highest BCUT2D eigenvalue weighted by molar-refractivity contribution is 7.07. The van der Waals surface area contributed by atoms with E-state index in [-0.39, 0.29) is 30.0 Å². The monoisotopic (exact) mass is 681 g/mol. The van der Waals surface area contributed by atoms with Gasteiger partial charge in [-0.05, 0) is 54.5 Å². The number of esters is 1. The Hall–Kier alpha value is -5.52. The maximum Gasteiger partial charge on any atom is 0.338 e. The van der Waals surface area contributed by atoms with E-state index in [4.69, 9.17) is 30.8 Å². The molecule has 0 bridgehead atoms. The molecule has 4 aromatic carbocycles. The fourth-order valence-electron chi connectivity index (χ4n) is 5.37. The maximum atomic E-state index is 14.3. The van der Waals surface area contributed by atoms with Gasteiger partial charge in [0.05, 0.1) is 40.5 Å². The van der Waals surface area contributed by atoms with Crippen LogP contribution in [0.4, 0.5) is 5.69 Å². The molecule has 1 aromatic heterocycles. The molecule has 6 rings (SSSR count). The largest absolute Gasteiger partial charge is 0.493 e. The first-order valence-corrected chi connectivity index (χ1v) is 16.1. The van der Waals surface area contributed by atoms with E-state index >= 15 is 0 Å². The quantitative estimate of drug-likeness (QED) is 0.0994. The van der Waals surface area contributed by atoms with E-state index in [2.05, 4.69) is 0 Å². The SMILES string of the molecule is CCOC(=O)C1=C(c2ccccc2)N=c2s/c(=C\c3cccc(OC)c3OCc3ccc([N+](=O)[O-])cc3)c(=O)n2[C@@H]1c1ccc(Cl)cc1. The van der Waals surface area contributed by atoms with E-state index in [1.807, 2.05) is 30.3 Å². The van der Waals surface area contributed by atoms with Gasteiger partial charge in [-0.15, -0.1) is 0 Å². The van der Waals surface area contributed by atoms with Gasteiger partial charge in [0, 0.05) is 28.3 Å². The summed E-state index contributed by atoms with van der Waals surface area (Å²) in [6.45, 7) is 1.96. The molecule has 0 saturated heterocycles. The number of thiazole rings is 1. The first kappa shape index (κ1) is 32.4. The Balaban J connectivity index is 1.51. The lowest BCUT2D eigenvalue weighted by Crippen LogP contribution is -2.40. The van der Waals surface area contributed by atoms with E-state index in [1.54, 1.807) is 67.6 Å². The molecule has 48 heavy (non-hydrogen) atoms. The lowest BCUT2D eigenvalue weighted by Gasteiger charge is -2.26. The number of nitro benzene ring substituents is 1. The van der Waals surface area contributed by atoms with Crippen LogP contribution in [0.1, 0.15) is 35.2 Å². The third kappa shape index (κ3) is 6.51. The second-order valence-corrected chi connectivity index (χ2v) is 12.0. The van der Waals surface area contributed by atoms with E-state index in [1.165, 1.54) is 35.1 Å². The van der Waals surface area contributed by atoms with Crippen LogP contribution in [-0.4, -0.2) is 29.2 Å². The van der Waals surface area contributed by atoms with Gasteiger partial charge in [-0.25, -0.2) is 9.79 Å². The molecule has 0 aliphatic carbocycles. The van der Waals surface area contributed by atoms with Crippen LogP contribution in [0.15, 0.2) is 112 Å². The lowest BCUT2D eigenvalue weighted by atomic mass is 9.93. The van der Waals surface area contributed by atoms with E-state index in [0.717, 1.165) is 0 Å². The molecule has 0 amide bonds. The van der Waals surface area contributed by atoms with Gasteiger partial charge in [-0.1, -0.05) is 77.5 Å². The van der Waals surface area contributed by atoms with Gasteiger partial charge in [-0.2, -0.15) is 0 Å². The number of non-ortho nitro benzene ring substituents is 1. The van der Waals surface area contributed by atoms with E-state index in [0.29, 0.717) is 53.8 Å². The molecule has 0 spiro atoms. The third-order valence-corrected chi connectivity index (χ3v) is 8.84. The number of benzene rings is 4. The number of nitro groups is 1. The van der Waals surface area contributed by atoms with Crippen molar-refractivity contribution in [1.29, 1.82) is 0 Å². The number of fused-ring (bicyclic) bond motifs is 1. The second kappa shape index (κ2) is 14.1. The number of rotatable bonds is 10. The summed E-state index contributed by atoms with van der Waals surface area (Å²) in [5, 5.41) is 11.6. The molecule has 242 valence electrons. The van der Waals surface area contributed by atoms with Crippen LogP contribution in [0.5, 0.6) is 11.5 Å². The highest BCUT2D eigenvalue weighted by Gasteiger charge is 2.35. The van der Waals surface area contributed by atoms with Crippen LogP contribution in [0.3, 0.4) is 0 Å². The Kier molecular flexibility index (Phi) is 9.51. The predicted octanol–water partition coefficient (Wildman–Crippen LogP) is 6.08. The molecule has 1 aliphatic heterocycles. The number of carbonyl (C=O) groups excluding carboxylic acids is 1. The normalized spacial score (nSPS) is 14.2. The van der Waals surface area contributed by atoms with Crippen LogP contribution in [0.25, 0.3) is 11.8 Å². The third-order valence-electron chi connectivity index (χ3n) is 7.61. The minimum Gasteiger partial charge on any atom is -0.493 e. The predicted molar refractivity (Wildman–Crippen MR) is 183 cm³/mol. The van der Waals surface area contributed by atoms with Gasteiger partial charge in [0.2, 0.25) is 0 Å². The van der Waals surface area contributed by atoms with Gasteiger partial charge in [-0.3, -0.25) is 19.5 Å². The summed E-state index contributed by atoms with van der Waals surface area (Å²) in [6, 6.07) is 26.8. The van der Waals surface area contributed by atoms with Crippen LogP contribution in [0, 0.1) is 10.1 Å². The number of para-hydroxylation sites is 1. The fraction of sp³-hybridized carbons (Fsp3) is 0.139. The standard InChI is InChI=1S/C36H28ClN3O7S/c1-3-46-35(42)30-31(23-8-5-4-6-9-23)38-36-39(32(30)24-14-16-26(37)17-15-24)34(41)29(48-36)20-25-10-7-11-28(45-2)33(25)47-21-22-12-18-27(19-13-22)40(43)44/h4-20,32H,3,21H2,1-2H3/b29-20-/t32-/m1/s1. The average molecular weight is 682 g/mol. The summed E-state index contributed by atoms with van der Waals surface area (Å²) in [4.78, 5) is 43.9. The van der Waals surface area contributed by atoms with Crippen molar-refractivity contribution in [1.82, 2.24) is 4.57 Å². The smallest absolute Gasteiger partial charge is 0.338 e. The Morgan fingerprint density at radius 3 is 2.42 bits per heavy atom. The van der Waals surface area contributed by atoms with Crippen LogP contribution in [-0.2, 0) is 16.1 Å². The molecule has 10 nitrogen and oxygen atoms in total. The van der Waals surface area contributed by atoms with Crippen LogP contribution < -0.4 is 24.4 Å². The summed E-state index contributed by atoms with van der Waals surface area (Å²) in [6.07, 6.45) is 1.70. The molecule has 0 N–H and O–H groups in total. The van der Waals surface area contributed by atoms with Gasteiger partial charge < -0.3 is 14.2 Å². The van der Waals surface area contributed by atoms with Crippen molar-refractivity contribution in [3.63, 3.8) is 0 Å². The summed E-state index contributed by atoms with van der Waals surface area (Å²) in [5.74, 6) is 0.244. The van der Waals surface area contributed by atoms with Crippen molar-refractivity contribution in [3.8, 4) is 11.5 Å². The zero-order valence-electron chi connectivity index (χ0n) is 25.8. The fourth-order valence-corrected chi connectivity index (χ4v) is 6.49. The number of hydrogen-bond donors (Lipinski definition) is 0. The summed E-state index contributed by atoms with van der Waals surface area (Å²) >= 11 is 7.41. The number of aromatic nitrogens is 1. The molecule has 0 radical (unpaired) electrons. The molecule has 1 aliphatic rings. The topological polar surface area (TPSA) is 122 Å². The molecular weight excluding hydrogens is 654 g/mol. The first-order chi connectivity index (χ1) is 23.3. The molecule has 12 heteroatoms. The maximum absolute atomic E-state index is 14.3. The average Bonchev–Trinajstić information content (AvgIpc) is 3.41. The zero-order chi connectivity index (χ0) is 33.8. The molecule has 5 aromatic rings. The van der Waals surface area contributed by atoms with Gasteiger partial charge in [0.25, 0.3) is 11.2 Å². The van der Waals surface area contributed by atoms with Crippen LogP contribution >= 0.6 is 22.9 Å². The molecule has 0 unspecified atom stereocenters. The van der Waals surface area contributed by atoms with Crippen molar-refractivity contribution in [2.24, 2.45) is 4.99 Å². The summed E-state index contributed by atoms with van der Waals surface area (Å²) in [7, 11) is 1.51. The van der Waals surface area contributed by atoms with Gasteiger partial charge in [0.1, 0.15) is 6.61 Å². The molecule has 1 atom stereocenters. The number of hydrogen-bond acceptors (Lipinski definition) is 9. The summed E-state index contributed by atoms with van der Waals surface area (Å²) < 4.78 is 19.1. The van der Waals surface area contributed by atoms with Crippen LogP contribution in [0.2, 0.25) is 5.02 Å². The van der Waals surface area contributed by atoms with E-state index in [9.17, 15) is 19.7 Å². The Morgan fingerprint density at radius 2 is 1.75 bits per heavy atom. The minimum absolute atomic E-state index is 0.0226. The molecule has 2 heterocycles. The van der Waals surface area contributed by atoms with Crippen molar-refractivity contribution >= 4 is 46.4 Å². The Morgan fingerprint density at radius 1 is 1.02 bits per heavy atom. The highest BCUT2D eigenvalue weighted by atomic mass is 35.5. The van der Waals surface area contributed by atoms with Crippen molar-refractivity contribution < 1.29 is 23.9 Å². The number of nitrogens with zero attached hydrogens (tertiary/aromatic N) is 3. The molecule has 0 saturated carbocycles. The minimum atomic E-state index is -0.849. The number of ether oxygens (including phenoxy) is 3. The van der Waals surface area contributed by atoms with Gasteiger partial charge in [0.15, 0.2) is 16.3 Å². The first-order valence-electron chi connectivity index (χ1n) is 14.9. The number of methoxy groups -OCH3 is 1. The second-order valence-electron chi connectivity index (χ2n) is 10.6.